The van der Waals surface area contributed by atoms with Crippen LogP contribution >= 0.6 is 0 Å². The lowest BCUT2D eigenvalue weighted by molar-refractivity contribution is -0.125. The summed E-state index contributed by atoms with van der Waals surface area (Å²) in [5, 5.41) is 0. The molecule has 0 amide bonds. The zero-order chi connectivity index (χ0) is 13.4. The summed E-state index contributed by atoms with van der Waals surface area (Å²) < 4.78 is 0. The lowest BCUT2D eigenvalue weighted by atomic mass is 9.71. The van der Waals surface area contributed by atoms with Crippen LogP contribution in [0, 0.1) is 12.3 Å². The summed E-state index contributed by atoms with van der Waals surface area (Å²) in [6, 6.07) is 10.1. The smallest absolute Gasteiger partial charge is 0.143 e. The number of rotatable bonds is 7. The van der Waals surface area contributed by atoms with Crippen LogP contribution < -0.4 is 0 Å². The Morgan fingerprint density at radius 2 is 1.83 bits per heavy atom. The largest absolute Gasteiger partial charge is 0.299 e. The molecule has 0 aromatic heterocycles. The van der Waals surface area contributed by atoms with Gasteiger partial charge >= 0.3 is 0 Å². The van der Waals surface area contributed by atoms with Gasteiger partial charge in [-0.25, -0.2) is 0 Å². The molecule has 18 heavy (non-hydrogen) atoms. The summed E-state index contributed by atoms with van der Waals surface area (Å²) in [5.41, 5.74) is 0.816. The number of unbranched alkanes of at least 4 members (excludes halogenated alkanes) is 1. The van der Waals surface area contributed by atoms with Crippen molar-refractivity contribution >= 4 is 5.78 Å². The molecule has 0 unspecified atom stereocenters. The van der Waals surface area contributed by atoms with E-state index in [1.54, 1.807) is 0 Å². The molecular formula is C17H22O. The van der Waals surface area contributed by atoms with Gasteiger partial charge in [-0.3, -0.25) is 4.79 Å². The molecular weight excluding hydrogens is 220 g/mol. The zero-order valence-electron chi connectivity index (χ0n) is 11.4. The first-order valence-corrected chi connectivity index (χ1v) is 6.73. The van der Waals surface area contributed by atoms with Gasteiger partial charge in [0.1, 0.15) is 5.78 Å². The molecule has 0 saturated carbocycles. The van der Waals surface area contributed by atoms with Crippen LogP contribution in [-0.4, -0.2) is 5.78 Å². The van der Waals surface area contributed by atoms with E-state index in [-0.39, 0.29) is 5.41 Å². The molecule has 0 aliphatic heterocycles. The Morgan fingerprint density at radius 3 is 2.33 bits per heavy atom. The maximum atomic E-state index is 12.5. The quantitative estimate of drug-likeness (QED) is 0.519. The Balaban J connectivity index is 2.94. The second-order valence-corrected chi connectivity index (χ2v) is 4.64. The number of ketones is 1. The van der Waals surface area contributed by atoms with E-state index >= 15 is 0 Å². The molecule has 1 aromatic carbocycles. The molecule has 0 bridgehead atoms. The molecule has 0 saturated heterocycles. The van der Waals surface area contributed by atoms with Crippen LogP contribution in [0.4, 0.5) is 0 Å². The molecule has 1 heteroatoms. The molecule has 0 radical (unpaired) electrons. The van der Waals surface area contributed by atoms with Crippen molar-refractivity contribution in [3.8, 4) is 12.3 Å². The predicted octanol–water partition coefficient (Wildman–Crippen LogP) is 4.12. The van der Waals surface area contributed by atoms with Gasteiger partial charge in [0.05, 0.1) is 5.41 Å². The highest BCUT2D eigenvalue weighted by Crippen LogP contribution is 2.34. The third kappa shape index (κ3) is 3.01. The number of carbonyl (C=O) groups excluding carboxylic acids is 1. The molecule has 0 heterocycles. The topological polar surface area (TPSA) is 17.1 Å². The summed E-state index contributed by atoms with van der Waals surface area (Å²) in [6.07, 6.45) is 9.00. The fourth-order valence-corrected chi connectivity index (χ4v) is 2.56. The molecule has 1 aromatic rings. The Kier molecular flexibility index (Phi) is 5.65. The highest BCUT2D eigenvalue weighted by Gasteiger charge is 2.35. The van der Waals surface area contributed by atoms with Crippen LogP contribution in [0.3, 0.4) is 0 Å². The van der Waals surface area contributed by atoms with Crippen molar-refractivity contribution in [1.29, 1.82) is 0 Å². The van der Waals surface area contributed by atoms with Crippen molar-refractivity contribution < 1.29 is 4.79 Å². The van der Waals surface area contributed by atoms with Crippen LogP contribution in [0.25, 0.3) is 0 Å². The minimum absolute atomic E-state index is 0.324. The second kappa shape index (κ2) is 7.01. The second-order valence-electron chi connectivity index (χ2n) is 4.64. The minimum atomic E-state index is -0.324. The van der Waals surface area contributed by atoms with E-state index in [2.05, 4.69) is 31.9 Å². The first-order valence-electron chi connectivity index (χ1n) is 6.73. The third-order valence-corrected chi connectivity index (χ3v) is 3.79. The van der Waals surface area contributed by atoms with Crippen LogP contribution in [0.5, 0.6) is 0 Å². The Morgan fingerprint density at radius 1 is 1.22 bits per heavy atom. The molecule has 0 fully saturated rings. The Labute approximate surface area is 111 Å². The van der Waals surface area contributed by atoms with Gasteiger partial charge in [0.15, 0.2) is 0 Å². The number of terminal acetylenes is 1. The maximum absolute atomic E-state index is 12.5. The summed E-state index contributed by atoms with van der Waals surface area (Å²) in [5.74, 6) is 2.93. The van der Waals surface area contributed by atoms with Gasteiger partial charge in [-0.2, -0.15) is 0 Å². The van der Waals surface area contributed by atoms with Crippen molar-refractivity contribution in [2.45, 2.75) is 51.4 Å². The third-order valence-electron chi connectivity index (χ3n) is 3.79. The highest BCUT2D eigenvalue weighted by atomic mass is 16.1. The van der Waals surface area contributed by atoms with Gasteiger partial charge in [0.25, 0.3) is 0 Å². The van der Waals surface area contributed by atoms with E-state index in [0.717, 1.165) is 24.8 Å². The van der Waals surface area contributed by atoms with E-state index in [9.17, 15) is 4.79 Å². The number of carbonyl (C=O) groups is 1. The van der Waals surface area contributed by atoms with E-state index < -0.39 is 0 Å². The molecule has 0 atom stereocenters. The average Bonchev–Trinajstić information content (AvgIpc) is 2.42. The minimum Gasteiger partial charge on any atom is -0.299 e. The van der Waals surface area contributed by atoms with Crippen molar-refractivity contribution in [2.75, 3.05) is 0 Å². The van der Waals surface area contributed by atoms with Crippen molar-refractivity contribution in [1.82, 2.24) is 0 Å². The van der Waals surface area contributed by atoms with Crippen LogP contribution in [0.15, 0.2) is 30.3 Å². The Hall–Kier alpha value is -1.55. The number of hydrogen-bond acceptors (Lipinski definition) is 1. The summed E-state index contributed by atoms with van der Waals surface area (Å²) >= 11 is 0. The molecule has 96 valence electrons. The number of benzene rings is 1. The summed E-state index contributed by atoms with van der Waals surface area (Å²) in [7, 11) is 0. The zero-order valence-corrected chi connectivity index (χ0v) is 11.4. The molecule has 0 spiro atoms. The van der Waals surface area contributed by atoms with E-state index in [1.807, 2.05) is 18.2 Å². The summed E-state index contributed by atoms with van der Waals surface area (Å²) in [6.45, 7) is 4.19. The van der Waals surface area contributed by atoms with Gasteiger partial charge in [0, 0.05) is 12.8 Å². The van der Waals surface area contributed by atoms with E-state index in [4.69, 9.17) is 6.42 Å². The first-order chi connectivity index (χ1) is 8.71. The first kappa shape index (κ1) is 14.5. The number of hydrogen-bond donors (Lipinski definition) is 0. The monoisotopic (exact) mass is 242 g/mol. The van der Waals surface area contributed by atoms with Gasteiger partial charge in [-0.05, 0) is 24.8 Å². The lowest BCUT2D eigenvalue weighted by Crippen LogP contribution is -2.34. The van der Waals surface area contributed by atoms with Crippen LogP contribution in [0.2, 0.25) is 0 Å². The molecule has 0 aliphatic rings. The predicted molar refractivity (Wildman–Crippen MR) is 76.4 cm³/mol. The van der Waals surface area contributed by atoms with E-state index in [1.165, 1.54) is 0 Å². The lowest BCUT2D eigenvalue weighted by Gasteiger charge is -2.31. The van der Waals surface area contributed by atoms with Gasteiger partial charge in [-0.15, -0.1) is 12.3 Å². The van der Waals surface area contributed by atoms with Crippen molar-refractivity contribution in [3.05, 3.63) is 35.9 Å². The van der Waals surface area contributed by atoms with Crippen LogP contribution in [0.1, 0.15) is 51.5 Å². The normalized spacial score (nSPS) is 10.9. The van der Waals surface area contributed by atoms with Gasteiger partial charge in [0.2, 0.25) is 0 Å². The summed E-state index contributed by atoms with van der Waals surface area (Å²) in [4.78, 5) is 12.5. The van der Waals surface area contributed by atoms with Crippen LogP contribution in [-0.2, 0) is 10.2 Å². The van der Waals surface area contributed by atoms with Gasteiger partial charge in [-0.1, -0.05) is 44.2 Å². The maximum Gasteiger partial charge on any atom is 0.143 e. The fourth-order valence-electron chi connectivity index (χ4n) is 2.56. The standard InChI is InChI=1S/C17H22O/c1-4-7-9-14-16(18)17(5-2,6-3)15-12-10-8-11-13-15/h1,8,10-13H,5-7,9,14H2,2-3H3. The fraction of sp³-hybridized carbons (Fsp3) is 0.471. The Bertz CT molecular complexity index is 407. The SMILES string of the molecule is C#CCCCC(=O)C(CC)(CC)c1ccccc1. The number of Topliss-reactive ketones (excluding diaryl/α,β-unsaturated/α-hetero) is 1. The van der Waals surface area contributed by atoms with Crippen molar-refractivity contribution in [2.24, 2.45) is 0 Å². The molecule has 1 nitrogen and oxygen atoms in total. The highest BCUT2D eigenvalue weighted by molar-refractivity contribution is 5.90. The molecule has 0 aliphatic carbocycles. The molecule has 0 N–H and O–H groups in total. The van der Waals surface area contributed by atoms with Gasteiger partial charge < -0.3 is 0 Å². The van der Waals surface area contributed by atoms with E-state index in [0.29, 0.717) is 18.6 Å². The average molecular weight is 242 g/mol. The van der Waals surface area contributed by atoms with Crippen molar-refractivity contribution in [3.63, 3.8) is 0 Å². The molecule has 1 rings (SSSR count).